The van der Waals surface area contributed by atoms with E-state index in [4.69, 9.17) is 0 Å². The molecule has 1 atom stereocenters. The van der Waals surface area contributed by atoms with Crippen molar-refractivity contribution in [2.24, 2.45) is 5.41 Å². The zero-order chi connectivity index (χ0) is 15.2. The summed E-state index contributed by atoms with van der Waals surface area (Å²) in [4.78, 5) is 23.4. The first kappa shape index (κ1) is 16.2. The van der Waals surface area contributed by atoms with Gasteiger partial charge in [-0.2, -0.15) is 0 Å². The van der Waals surface area contributed by atoms with Crippen LogP contribution in [0.5, 0.6) is 0 Å². The molecule has 110 valence electrons. The molecule has 0 aliphatic rings. The van der Waals surface area contributed by atoms with Crippen LogP contribution in [0.4, 0.5) is 0 Å². The number of benzene rings is 1. The molecule has 0 radical (unpaired) electrons. The highest BCUT2D eigenvalue weighted by molar-refractivity contribution is 5.83. The fraction of sp³-hybridized carbons (Fsp3) is 0.467. The highest BCUT2D eigenvalue weighted by atomic mass is 16.3. The zero-order valence-corrected chi connectivity index (χ0v) is 12.1. The Kier molecular flexibility index (Phi) is 5.70. The Hall–Kier alpha value is -1.88. The molecule has 1 aromatic carbocycles. The van der Waals surface area contributed by atoms with Gasteiger partial charge in [-0.1, -0.05) is 30.3 Å². The summed E-state index contributed by atoms with van der Waals surface area (Å²) < 4.78 is 0. The maximum atomic E-state index is 11.8. The summed E-state index contributed by atoms with van der Waals surface area (Å²) >= 11 is 0. The molecule has 1 rings (SSSR count). The second-order valence-corrected chi connectivity index (χ2v) is 5.37. The van der Waals surface area contributed by atoms with Gasteiger partial charge in [-0.05, 0) is 19.4 Å². The van der Waals surface area contributed by atoms with Crippen molar-refractivity contribution in [1.82, 2.24) is 10.6 Å². The third kappa shape index (κ3) is 4.66. The van der Waals surface area contributed by atoms with Crippen molar-refractivity contribution in [2.45, 2.75) is 26.4 Å². The molecular formula is C15H22N2O3. The minimum Gasteiger partial charge on any atom is -0.388 e. The molecule has 5 heteroatoms. The Balaban J connectivity index is 2.47. The minimum atomic E-state index is -0.834. The smallest absolute Gasteiger partial charge is 0.227 e. The van der Waals surface area contributed by atoms with Crippen LogP contribution in [0.15, 0.2) is 30.3 Å². The molecule has 1 unspecified atom stereocenters. The topological polar surface area (TPSA) is 78.4 Å². The summed E-state index contributed by atoms with van der Waals surface area (Å²) in [5.74, 6) is -0.417. The average Bonchev–Trinajstić information content (AvgIpc) is 2.45. The fourth-order valence-electron chi connectivity index (χ4n) is 1.78. The van der Waals surface area contributed by atoms with E-state index in [1.165, 1.54) is 0 Å². The molecular weight excluding hydrogens is 256 g/mol. The average molecular weight is 278 g/mol. The van der Waals surface area contributed by atoms with Crippen LogP contribution in [0, 0.1) is 5.41 Å². The van der Waals surface area contributed by atoms with Gasteiger partial charge in [-0.15, -0.1) is 0 Å². The number of aliphatic hydroxyl groups is 1. The number of amides is 2. The molecule has 0 bridgehead atoms. The molecule has 0 spiro atoms. The van der Waals surface area contributed by atoms with Crippen molar-refractivity contribution in [2.75, 3.05) is 13.6 Å². The number of nitrogens with one attached hydrogen (secondary N) is 2. The molecule has 0 fully saturated rings. The minimum absolute atomic E-state index is 0.0200. The van der Waals surface area contributed by atoms with Gasteiger partial charge in [-0.3, -0.25) is 9.59 Å². The van der Waals surface area contributed by atoms with Gasteiger partial charge in [0.1, 0.15) is 0 Å². The zero-order valence-electron chi connectivity index (χ0n) is 12.1. The second kappa shape index (κ2) is 7.05. The van der Waals surface area contributed by atoms with Gasteiger partial charge >= 0.3 is 0 Å². The summed E-state index contributed by atoms with van der Waals surface area (Å²) in [5.41, 5.74) is 0.0236. The number of rotatable bonds is 6. The van der Waals surface area contributed by atoms with E-state index in [9.17, 15) is 14.7 Å². The Bertz CT molecular complexity index is 457. The van der Waals surface area contributed by atoms with Crippen LogP contribution < -0.4 is 10.6 Å². The molecule has 0 heterocycles. The van der Waals surface area contributed by atoms with Crippen molar-refractivity contribution < 1.29 is 14.7 Å². The van der Waals surface area contributed by atoms with E-state index in [0.29, 0.717) is 5.56 Å². The first-order chi connectivity index (χ1) is 9.36. The lowest BCUT2D eigenvalue weighted by atomic mass is 9.92. The Morgan fingerprint density at radius 3 is 2.40 bits per heavy atom. The van der Waals surface area contributed by atoms with E-state index >= 15 is 0 Å². The lowest BCUT2D eigenvalue weighted by Crippen LogP contribution is -2.43. The van der Waals surface area contributed by atoms with Crippen LogP contribution in [0.3, 0.4) is 0 Å². The Labute approximate surface area is 119 Å². The molecule has 0 aliphatic heterocycles. The van der Waals surface area contributed by atoms with Gasteiger partial charge in [0, 0.05) is 13.6 Å². The second-order valence-electron chi connectivity index (χ2n) is 5.37. The van der Waals surface area contributed by atoms with Crippen molar-refractivity contribution >= 4 is 11.8 Å². The highest BCUT2D eigenvalue weighted by Crippen LogP contribution is 2.17. The van der Waals surface area contributed by atoms with Gasteiger partial charge in [0.25, 0.3) is 0 Å². The Morgan fingerprint density at radius 1 is 1.25 bits per heavy atom. The van der Waals surface area contributed by atoms with E-state index in [2.05, 4.69) is 10.6 Å². The summed E-state index contributed by atoms with van der Waals surface area (Å²) in [5, 5.41) is 15.2. The monoisotopic (exact) mass is 278 g/mol. The van der Waals surface area contributed by atoms with Gasteiger partial charge in [0.2, 0.25) is 11.8 Å². The molecule has 20 heavy (non-hydrogen) atoms. The van der Waals surface area contributed by atoms with Crippen molar-refractivity contribution in [3.63, 3.8) is 0 Å². The molecule has 0 aliphatic carbocycles. The summed E-state index contributed by atoms with van der Waals surface area (Å²) in [6.07, 6.45) is -0.854. The molecule has 5 nitrogen and oxygen atoms in total. The van der Waals surface area contributed by atoms with E-state index < -0.39 is 11.5 Å². The molecule has 3 N–H and O–H groups in total. The predicted molar refractivity (Wildman–Crippen MR) is 76.9 cm³/mol. The van der Waals surface area contributed by atoms with Crippen LogP contribution in [-0.2, 0) is 9.59 Å². The van der Waals surface area contributed by atoms with Crippen LogP contribution in [0.25, 0.3) is 0 Å². The first-order valence-electron chi connectivity index (χ1n) is 6.58. The number of carbonyl (C=O) groups excluding carboxylic acids is 2. The van der Waals surface area contributed by atoms with Gasteiger partial charge in [0.15, 0.2) is 0 Å². The van der Waals surface area contributed by atoms with Crippen LogP contribution in [0.1, 0.15) is 31.9 Å². The maximum absolute atomic E-state index is 11.8. The molecule has 0 saturated heterocycles. The third-order valence-electron chi connectivity index (χ3n) is 3.13. The lowest BCUT2D eigenvalue weighted by Gasteiger charge is -2.23. The highest BCUT2D eigenvalue weighted by Gasteiger charge is 2.27. The van der Waals surface area contributed by atoms with Crippen LogP contribution >= 0.6 is 0 Å². The van der Waals surface area contributed by atoms with E-state index in [-0.39, 0.29) is 24.8 Å². The SMILES string of the molecule is CNC(=O)C(C)(C)CNC(=O)CC(O)c1ccccc1. The summed E-state index contributed by atoms with van der Waals surface area (Å²) in [6, 6.07) is 9.01. The van der Waals surface area contributed by atoms with Gasteiger partial charge in [0.05, 0.1) is 17.9 Å². The maximum Gasteiger partial charge on any atom is 0.227 e. The van der Waals surface area contributed by atoms with Crippen molar-refractivity contribution in [3.05, 3.63) is 35.9 Å². The lowest BCUT2D eigenvalue weighted by molar-refractivity contribution is -0.129. The van der Waals surface area contributed by atoms with E-state index in [0.717, 1.165) is 0 Å². The molecule has 1 aromatic rings. The van der Waals surface area contributed by atoms with Crippen molar-refractivity contribution in [3.8, 4) is 0 Å². The van der Waals surface area contributed by atoms with Gasteiger partial charge < -0.3 is 15.7 Å². The van der Waals surface area contributed by atoms with Crippen LogP contribution in [-0.4, -0.2) is 30.5 Å². The number of hydrogen-bond acceptors (Lipinski definition) is 3. The number of aliphatic hydroxyl groups excluding tert-OH is 1. The van der Waals surface area contributed by atoms with E-state index in [1.54, 1.807) is 33.0 Å². The third-order valence-corrected chi connectivity index (χ3v) is 3.13. The molecule has 2 amide bonds. The van der Waals surface area contributed by atoms with Crippen LogP contribution in [0.2, 0.25) is 0 Å². The number of carbonyl (C=O) groups is 2. The van der Waals surface area contributed by atoms with Gasteiger partial charge in [-0.25, -0.2) is 0 Å². The first-order valence-corrected chi connectivity index (χ1v) is 6.58. The van der Waals surface area contributed by atoms with E-state index in [1.807, 2.05) is 18.2 Å². The normalized spacial score (nSPS) is 12.6. The number of hydrogen-bond donors (Lipinski definition) is 3. The fourth-order valence-corrected chi connectivity index (χ4v) is 1.78. The van der Waals surface area contributed by atoms with Crippen molar-refractivity contribution in [1.29, 1.82) is 0 Å². The summed E-state index contributed by atoms with van der Waals surface area (Å²) in [6.45, 7) is 3.73. The summed E-state index contributed by atoms with van der Waals surface area (Å²) in [7, 11) is 1.56. The standard InChI is InChI=1S/C15H22N2O3/c1-15(2,14(20)16-3)10-17-13(19)9-12(18)11-7-5-4-6-8-11/h4-8,12,18H,9-10H2,1-3H3,(H,16,20)(H,17,19). The quantitative estimate of drug-likeness (QED) is 0.726. The molecule has 0 aromatic heterocycles. The Morgan fingerprint density at radius 2 is 1.85 bits per heavy atom. The predicted octanol–water partition coefficient (Wildman–Crippen LogP) is 0.998. The molecule has 0 saturated carbocycles. The largest absolute Gasteiger partial charge is 0.388 e.